The highest BCUT2D eigenvalue weighted by Crippen LogP contribution is 2.40. The summed E-state index contributed by atoms with van der Waals surface area (Å²) in [5, 5.41) is 9.35. The van der Waals surface area contributed by atoms with Crippen molar-refractivity contribution in [3.05, 3.63) is 64.6 Å². The van der Waals surface area contributed by atoms with E-state index < -0.39 is 11.2 Å². The number of aliphatic carboxylic acids is 1. The van der Waals surface area contributed by atoms with Crippen molar-refractivity contribution in [3.8, 4) is 21.7 Å². The molecule has 1 N–H and O–H groups in total. The minimum absolute atomic E-state index is 0.463. The van der Waals surface area contributed by atoms with Gasteiger partial charge in [0.05, 0.1) is 10.6 Å². The van der Waals surface area contributed by atoms with E-state index in [-0.39, 0.29) is 0 Å². The van der Waals surface area contributed by atoms with Gasteiger partial charge in [-0.2, -0.15) is 12.6 Å². The molecule has 1 heterocycles. The van der Waals surface area contributed by atoms with Crippen LogP contribution in [0, 0.1) is 0 Å². The summed E-state index contributed by atoms with van der Waals surface area (Å²) in [6, 6.07) is 17.1. The van der Waals surface area contributed by atoms with Crippen molar-refractivity contribution in [1.82, 2.24) is 4.98 Å². The Bertz CT molecular complexity index is 832. The van der Waals surface area contributed by atoms with Crippen molar-refractivity contribution in [2.45, 2.75) is 5.25 Å². The Hall–Kier alpha value is -1.82. The zero-order chi connectivity index (χ0) is 16.4. The summed E-state index contributed by atoms with van der Waals surface area (Å²) in [6.07, 6.45) is 0. The number of carbonyl (C=O) groups is 1. The molecule has 0 aliphatic carbocycles. The number of thiol groups is 1. The van der Waals surface area contributed by atoms with Crippen LogP contribution < -0.4 is 0 Å². The molecule has 0 amide bonds. The van der Waals surface area contributed by atoms with Crippen LogP contribution in [-0.2, 0) is 4.79 Å². The smallest absolute Gasteiger partial charge is 0.323 e. The second-order valence-corrected chi connectivity index (χ2v) is 6.83. The Balaban J connectivity index is 2.16. The van der Waals surface area contributed by atoms with Crippen LogP contribution in [0.2, 0.25) is 5.02 Å². The molecule has 3 aromatic rings. The van der Waals surface area contributed by atoms with E-state index in [2.05, 4.69) is 17.6 Å². The summed E-state index contributed by atoms with van der Waals surface area (Å²) < 4.78 is 0. The molecule has 3 nitrogen and oxygen atoms in total. The summed E-state index contributed by atoms with van der Waals surface area (Å²) in [7, 11) is 0. The molecule has 23 heavy (non-hydrogen) atoms. The number of aromatic nitrogens is 1. The standard InChI is InChI=1S/C17H12ClNO2S2/c18-12-8-6-10(7-9-12)13-15(11-4-2-1-3-5-11)23-16(19-13)14(22)17(20)21/h1-9,14,22H,(H,20,21). The normalized spacial score (nSPS) is 12.1. The SMILES string of the molecule is O=C(O)C(S)c1nc(-c2ccc(Cl)cc2)c(-c2ccccc2)s1. The highest BCUT2D eigenvalue weighted by molar-refractivity contribution is 7.81. The molecule has 0 radical (unpaired) electrons. The molecule has 0 saturated heterocycles. The molecule has 3 rings (SSSR count). The fraction of sp³-hybridized carbons (Fsp3) is 0.0588. The van der Waals surface area contributed by atoms with Gasteiger partial charge in [-0.25, -0.2) is 4.98 Å². The van der Waals surface area contributed by atoms with E-state index in [1.165, 1.54) is 11.3 Å². The molecule has 0 bridgehead atoms. The van der Waals surface area contributed by atoms with Crippen molar-refractivity contribution >= 4 is 41.5 Å². The number of carboxylic acids is 1. The van der Waals surface area contributed by atoms with Gasteiger partial charge in [-0.3, -0.25) is 4.79 Å². The number of hydrogen-bond donors (Lipinski definition) is 2. The van der Waals surface area contributed by atoms with Gasteiger partial charge in [0.2, 0.25) is 0 Å². The molecular weight excluding hydrogens is 350 g/mol. The second-order valence-electron chi connectivity index (χ2n) is 4.84. The van der Waals surface area contributed by atoms with Gasteiger partial charge >= 0.3 is 5.97 Å². The summed E-state index contributed by atoms with van der Waals surface area (Å²) in [6.45, 7) is 0. The maximum atomic E-state index is 11.2. The minimum Gasteiger partial charge on any atom is -0.480 e. The van der Waals surface area contributed by atoms with Crippen molar-refractivity contribution in [2.24, 2.45) is 0 Å². The van der Waals surface area contributed by atoms with Crippen LogP contribution in [-0.4, -0.2) is 16.1 Å². The van der Waals surface area contributed by atoms with Crippen molar-refractivity contribution < 1.29 is 9.90 Å². The first-order valence-corrected chi connectivity index (χ1v) is 8.50. The number of benzene rings is 2. The Labute approximate surface area is 148 Å². The number of hydrogen-bond acceptors (Lipinski definition) is 4. The van der Waals surface area contributed by atoms with E-state index in [1.54, 1.807) is 12.1 Å². The lowest BCUT2D eigenvalue weighted by atomic mass is 10.1. The monoisotopic (exact) mass is 361 g/mol. The van der Waals surface area contributed by atoms with E-state index in [0.717, 1.165) is 21.7 Å². The second kappa shape index (κ2) is 6.74. The van der Waals surface area contributed by atoms with Crippen LogP contribution in [0.4, 0.5) is 0 Å². The first-order valence-electron chi connectivity index (χ1n) is 6.79. The lowest BCUT2D eigenvalue weighted by Crippen LogP contribution is -2.04. The predicted molar refractivity (Wildman–Crippen MR) is 97.4 cm³/mol. The Kier molecular flexibility index (Phi) is 4.71. The largest absolute Gasteiger partial charge is 0.480 e. The van der Waals surface area contributed by atoms with Crippen LogP contribution in [0.15, 0.2) is 54.6 Å². The fourth-order valence-corrected chi connectivity index (χ4v) is 3.56. The van der Waals surface area contributed by atoms with E-state index in [9.17, 15) is 9.90 Å². The van der Waals surface area contributed by atoms with Crippen molar-refractivity contribution in [1.29, 1.82) is 0 Å². The van der Waals surface area contributed by atoms with E-state index >= 15 is 0 Å². The molecule has 0 spiro atoms. The summed E-state index contributed by atoms with van der Waals surface area (Å²) in [4.78, 5) is 16.7. The average molecular weight is 362 g/mol. The third-order valence-corrected chi connectivity index (χ3v) is 5.33. The Morgan fingerprint density at radius 1 is 1.09 bits per heavy atom. The van der Waals surface area contributed by atoms with E-state index in [4.69, 9.17) is 11.6 Å². The maximum absolute atomic E-state index is 11.2. The van der Waals surface area contributed by atoms with Gasteiger partial charge in [-0.05, 0) is 17.7 Å². The van der Waals surface area contributed by atoms with Gasteiger partial charge < -0.3 is 5.11 Å². The Morgan fingerprint density at radius 3 is 2.35 bits per heavy atom. The molecule has 1 atom stereocenters. The summed E-state index contributed by atoms with van der Waals surface area (Å²) in [5.74, 6) is -1.01. The molecule has 1 unspecified atom stereocenters. The highest BCUT2D eigenvalue weighted by Gasteiger charge is 2.23. The third kappa shape index (κ3) is 3.42. The zero-order valence-electron chi connectivity index (χ0n) is 11.8. The predicted octanol–water partition coefficient (Wildman–Crippen LogP) is 5.19. The minimum atomic E-state index is -1.01. The number of carboxylic acid groups (broad SMARTS) is 1. The molecule has 116 valence electrons. The molecular formula is C17H12ClNO2S2. The summed E-state index contributed by atoms with van der Waals surface area (Å²) in [5.41, 5.74) is 2.63. The van der Waals surface area contributed by atoms with Crippen molar-refractivity contribution in [2.75, 3.05) is 0 Å². The first-order chi connectivity index (χ1) is 11.1. The number of thiazole rings is 1. The Morgan fingerprint density at radius 2 is 1.74 bits per heavy atom. The summed E-state index contributed by atoms with van der Waals surface area (Å²) >= 11 is 11.4. The van der Waals surface area contributed by atoms with Crippen LogP contribution >= 0.6 is 35.6 Å². The highest BCUT2D eigenvalue weighted by atomic mass is 35.5. The average Bonchev–Trinajstić information content (AvgIpc) is 3.00. The van der Waals surface area contributed by atoms with Crippen LogP contribution in [0.25, 0.3) is 21.7 Å². The fourth-order valence-electron chi connectivity index (χ4n) is 2.15. The quantitative estimate of drug-likeness (QED) is 0.629. The van der Waals surface area contributed by atoms with E-state index in [1.807, 2.05) is 42.5 Å². The van der Waals surface area contributed by atoms with Gasteiger partial charge in [0, 0.05) is 10.6 Å². The number of halogens is 1. The molecule has 1 aromatic heterocycles. The molecule has 2 aromatic carbocycles. The van der Waals surface area contributed by atoms with Gasteiger partial charge in [-0.1, -0.05) is 54.1 Å². The molecule has 0 fully saturated rings. The van der Waals surface area contributed by atoms with Gasteiger partial charge in [-0.15, -0.1) is 11.3 Å². The zero-order valence-corrected chi connectivity index (χ0v) is 14.3. The lowest BCUT2D eigenvalue weighted by molar-refractivity contribution is -0.136. The van der Waals surface area contributed by atoms with E-state index in [0.29, 0.717) is 10.0 Å². The van der Waals surface area contributed by atoms with Crippen molar-refractivity contribution in [3.63, 3.8) is 0 Å². The number of rotatable bonds is 4. The van der Waals surface area contributed by atoms with Gasteiger partial charge in [0.25, 0.3) is 0 Å². The molecule has 0 aliphatic heterocycles. The van der Waals surface area contributed by atoms with Gasteiger partial charge in [0.15, 0.2) is 5.25 Å². The number of nitrogens with zero attached hydrogens (tertiary/aromatic N) is 1. The third-order valence-electron chi connectivity index (χ3n) is 3.27. The van der Waals surface area contributed by atoms with Crippen LogP contribution in [0.1, 0.15) is 10.3 Å². The van der Waals surface area contributed by atoms with Crippen LogP contribution in [0.5, 0.6) is 0 Å². The lowest BCUT2D eigenvalue weighted by Gasteiger charge is -2.03. The topological polar surface area (TPSA) is 50.2 Å². The first kappa shape index (κ1) is 16.1. The molecule has 0 saturated carbocycles. The van der Waals surface area contributed by atoms with Gasteiger partial charge in [0.1, 0.15) is 5.01 Å². The molecule has 6 heteroatoms. The maximum Gasteiger partial charge on any atom is 0.323 e. The van der Waals surface area contributed by atoms with Crippen LogP contribution in [0.3, 0.4) is 0 Å². The molecule has 0 aliphatic rings.